The Morgan fingerprint density at radius 1 is 0.882 bits per heavy atom. The average Bonchev–Trinajstić information content (AvgIpc) is 3.63. The Labute approximate surface area is 295 Å². The van der Waals surface area contributed by atoms with Crippen molar-refractivity contribution in [3.05, 3.63) is 28.2 Å². The fourth-order valence-corrected chi connectivity index (χ4v) is 6.54. The van der Waals surface area contributed by atoms with E-state index in [2.05, 4.69) is 20.2 Å². The first kappa shape index (κ1) is 39.3. The summed E-state index contributed by atoms with van der Waals surface area (Å²) in [5, 5.41) is 32.1. The van der Waals surface area contributed by atoms with Gasteiger partial charge in [-0.25, -0.2) is 4.98 Å². The number of carbonyl (C=O) groups is 5. The van der Waals surface area contributed by atoms with E-state index in [9.17, 15) is 44.1 Å². The zero-order valence-corrected chi connectivity index (χ0v) is 29.1. The van der Waals surface area contributed by atoms with Crippen LogP contribution in [0.4, 0.5) is 5.95 Å². The van der Waals surface area contributed by atoms with E-state index in [1.165, 1.54) is 12.4 Å². The van der Waals surface area contributed by atoms with Crippen LogP contribution in [0.1, 0.15) is 43.0 Å². The summed E-state index contributed by atoms with van der Waals surface area (Å²) in [6, 6.07) is -0.974. The molecule has 0 saturated carbocycles. The van der Waals surface area contributed by atoms with Gasteiger partial charge in [-0.15, -0.1) is 0 Å². The molecule has 4 heterocycles. The highest BCUT2D eigenvalue weighted by atomic mass is 16.4. The first-order valence-electron chi connectivity index (χ1n) is 17.4. The van der Waals surface area contributed by atoms with Crippen molar-refractivity contribution < 1.29 is 39.3 Å². The molecule has 0 aliphatic carbocycles. The number of fused-ring (bicyclic) bond motifs is 1. The summed E-state index contributed by atoms with van der Waals surface area (Å²) in [4.78, 5) is 91.6. The maximum absolute atomic E-state index is 13.4. The van der Waals surface area contributed by atoms with Crippen LogP contribution in [0.2, 0.25) is 0 Å². The van der Waals surface area contributed by atoms with E-state index in [-0.39, 0.29) is 82.7 Å². The fraction of sp³-hybridized carbons (Fsp3) is 0.636. The molecular weight excluding hydrogens is 666 g/mol. The molecule has 1 atom stereocenters. The van der Waals surface area contributed by atoms with E-state index in [0.717, 1.165) is 32.2 Å². The lowest BCUT2D eigenvalue weighted by Gasteiger charge is -2.35. The third kappa shape index (κ3) is 11.2. The number of carboxylic acids is 3. The van der Waals surface area contributed by atoms with E-state index in [1.807, 2.05) is 11.8 Å². The molecule has 2 aromatic heterocycles. The van der Waals surface area contributed by atoms with Gasteiger partial charge in [-0.1, -0.05) is 0 Å². The molecule has 4 rings (SSSR count). The molecule has 2 fully saturated rings. The molecular formula is C33H49N9O9. The molecule has 1 unspecified atom stereocenters. The van der Waals surface area contributed by atoms with Crippen molar-refractivity contribution >= 4 is 47.1 Å². The van der Waals surface area contributed by atoms with Crippen molar-refractivity contribution in [2.45, 2.75) is 45.2 Å². The Morgan fingerprint density at radius 3 is 2.04 bits per heavy atom. The molecule has 51 heavy (non-hydrogen) atoms. The number of anilines is 1. The molecule has 0 aromatic carbocycles. The number of rotatable bonds is 15. The van der Waals surface area contributed by atoms with Gasteiger partial charge in [0.15, 0.2) is 0 Å². The number of carbonyl (C=O) groups excluding carboxylic acids is 2. The highest BCUT2D eigenvalue weighted by Crippen LogP contribution is 2.18. The summed E-state index contributed by atoms with van der Waals surface area (Å²) in [5.41, 5.74) is -0.0900. The Morgan fingerprint density at radius 2 is 1.47 bits per heavy atom. The number of nitrogens with one attached hydrogen (secondary N) is 1. The number of aryl methyl sites for hydroxylation is 1. The molecule has 2 aromatic rings. The predicted octanol–water partition coefficient (Wildman–Crippen LogP) is -1.04. The van der Waals surface area contributed by atoms with Gasteiger partial charge in [0.1, 0.15) is 23.5 Å². The van der Waals surface area contributed by atoms with E-state index in [1.54, 1.807) is 19.3 Å². The lowest BCUT2D eigenvalue weighted by molar-refractivity contribution is -0.144. The Bertz CT molecular complexity index is 1600. The van der Waals surface area contributed by atoms with Gasteiger partial charge in [0.2, 0.25) is 11.4 Å². The minimum absolute atomic E-state index is 0.0598. The summed E-state index contributed by atoms with van der Waals surface area (Å²) >= 11 is 0. The van der Waals surface area contributed by atoms with Gasteiger partial charge in [-0.05, 0) is 32.6 Å². The number of hydrogen-bond acceptors (Lipinski definition) is 13. The summed E-state index contributed by atoms with van der Waals surface area (Å²) in [5.74, 6) is -3.19. The standard InChI is InChI=1S/C33H49N9O9/c1-2-40-21-25(29(48)24-20-35-33(36-30(24)40)42-8-3-4-9-42)31(49)34-7-5-6-26(32(50)51)41-16-14-37(18-19-43)10-11-38(22-27(44)45)12-13-39(15-17-41)23-28(46)47/h19-21,26H,2-18,22-23H2,1H3,(H,34,49)(H,44,45)(H,46,47)(H,50,51). The first-order valence-corrected chi connectivity index (χ1v) is 17.4. The van der Waals surface area contributed by atoms with Crippen LogP contribution in [0.15, 0.2) is 17.2 Å². The average molecular weight is 716 g/mol. The second-order valence-electron chi connectivity index (χ2n) is 12.9. The number of pyridine rings is 1. The Kier molecular flexibility index (Phi) is 14.8. The summed E-state index contributed by atoms with van der Waals surface area (Å²) in [7, 11) is 0. The summed E-state index contributed by atoms with van der Waals surface area (Å²) < 4.78 is 1.75. The number of carboxylic acid groups (broad SMARTS) is 3. The quantitative estimate of drug-likeness (QED) is 0.128. The second kappa shape index (κ2) is 19.2. The van der Waals surface area contributed by atoms with E-state index in [4.69, 9.17) is 0 Å². The second-order valence-corrected chi connectivity index (χ2v) is 12.9. The summed E-state index contributed by atoms with van der Waals surface area (Å²) in [6.45, 7) is 5.96. The van der Waals surface area contributed by atoms with Crippen molar-refractivity contribution in [1.29, 1.82) is 0 Å². The van der Waals surface area contributed by atoms with Crippen LogP contribution in [0.3, 0.4) is 0 Å². The van der Waals surface area contributed by atoms with Gasteiger partial charge >= 0.3 is 17.9 Å². The number of aliphatic carboxylic acids is 3. The molecule has 0 radical (unpaired) electrons. The Hall–Kier alpha value is -4.52. The van der Waals surface area contributed by atoms with Crippen LogP contribution in [0.25, 0.3) is 11.0 Å². The van der Waals surface area contributed by atoms with Crippen molar-refractivity contribution in [2.75, 3.05) is 96.5 Å². The minimum Gasteiger partial charge on any atom is -0.480 e. The lowest BCUT2D eigenvalue weighted by Crippen LogP contribution is -2.51. The molecule has 4 N–H and O–H groups in total. The van der Waals surface area contributed by atoms with Crippen LogP contribution in [0, 0.1) is 0 Å². The number of nitrogens with zero attached hydrogens (tertiary/aromatic N) is 8. The topological polar surface area (TPSA) is 222 Å². The third-order valence-electron chi connectivity index (χ3n) is 9.36. The van der Waals surface area contributed by atoms with Gasteiger partial charge < -0.3 is 34.9 Å². The maximum Gasteiger partial charge on any atom is 0.320 e. The first-order chi connectivity index (χ1) is 24.5. The van der Waals surface area contributed by atoms with Crippen LogP contribution in [0.5, 0.6) is 0 Å². The number of aldehydes is 1. The van der Waals surface area contributed by atoms with E-state index < -0.39 is 35.3 Å². The maximum atomic E-state index is 13.4. The van der Waals surface area contributed by atoms with Gasteiger partial charge in [0, 0.05) is 90.9 Å². The van der Waals surface area contributed by atoms with E-state index >= 15 is 0 Å². The molecule has 18 heteroatoms. The van der Waals surface area contributed by atoms with Crippen LogP contribution in [-0.2, 0) is 25.7 Å². The fourth-order valence-electron chi connectivity index (χ4n) is 6.54. The predicted molar refractivity (Wildman–Crippen MR) is 186 cm³/mol. The highest BCUT2D eigenvalue weighted by Gasteiger charge is 2.28. The molecule has 2 aliphatic rings. The molecule has 2 aliphatic heterocycles. The largest absolute Gasteiger partial charge is 0.480 e. The SMILES string of the molecule is CCn1cc(C(=O)NCCCC(C(=O)O)N2CCN(CC=O)CCN(CC(=O)O)CCN(CC(=O)O)CC2)c(=O)c2cnc(N3CCCC3)nc21. The van der Waals surface area contributed by atoms with Crippen molar-refractivity contribution in [2.24, 2.45) is 0 Å². The number of amides is 1. The zero-order chi connectivity index (χ0) is 36.9. The molecule has 280 valence electrons. The van der Waals surface area contributed by atoms with Crippen molar-refractivity contribution in [3.63, 3.8) is 0 Å². The monoisotopic (exact) mass is 715 g/mol. The lowest BCUT2D eigenvalue weighted by atomic mass is 10.1. The summed E-state index contributed by atoms with van der Waals surface area (Å²) in [6.07, 6.45) is 6.23. The normalized spacial score (nSPS) is 18.2. The molecule has 0 bridgehead atoms. The smallest absolute Gasteiger partial charge is 0.320 e. The van der Waals surface area contributed by atoms with Crippen LogP contribution >= 0.6 is 0 Å². The minimum atomic E-state index is -1.08. The van der Waals surface area contributed by atoms with Crippen molar-refractivity contribution in [3.8, 4) is 0 Å². The Balaban J connectivity index is 1.43. The molecule has 0 spiro atoms. The molecule has 18 nitrogen and oxygen atoms in total. The molecule has 1 amide bonds. The number of aromatic nitrogens is 3. The van der Waals surface area contributed by atoms with Crippen LogP contribution < -0.4 is 15.6 Å². The van der Waals surface area contributed by atoms with Gasteiger partial charge in [-0.2, -0.15) is 4.98 Å². The highest BCUT2D eigenvalue weighted by molar-refractivity contribution is 5.96. The van der Waals surface area contributed by atoms with E-state index in [0.29, 0.717) is 37.8 Å². The van der Waals surface area contributed by atoms with Crippen molar-refractivity contribution in [1.82, 2.24) is 39.5 Å². The zero-order valence-electron chi connectivity index (χ0n) is 29.1. The third-order valence-corrected chi connectivity index (χ3v) is 9.36. The van der Waals surface area contributed by atoms with Gasteiger partial charge in [-0.3, -0.25) is 43.6 Å². The van der Waals surface area contributed by atoms with Crippen LogP contribution in [-0.4, -0.2) is 177 Å². The number of hydrogen-bond donors (Lipinski definition) is 4. The van der Waals surface area contributed by atoms with Gasteiger partial charge in [0.05, 0.1) is 25.0 Å². The molecule has 2 saturated heterocycles. The van der Waals surface area contributed by atoms with Gasteiger partial charge in [0.25, 0.3) is 5.91 Å².